The number of carbonyl (C=O) groups excluding carboxylic acids is 1. The van der Waals surface area contributed by atoms with Crippen molar-refractivity contribution in [2.24, 2.45) is 0 Å². The van der Waals surface area contributed by atoms with Gasteiger partial charge < -0.3 is 5.11 Å². The van der Waals surface area contributed by atoms with Crippen LogP contribution in [0.2, 0.25) is 0 Å². The molecule has 14 heavy (non-hydrogen) atoms. The maximum Gasteiger partial charge on any atom is 0.163 e. The van der Waals surface area contributed by atoms with Crippen LogP contribution in [0.25, 0.3) is 0 Å². The molecule has 0 saturated heterocycles. The largest absolute Gasteiger partial charge is 0.507 e. The second-order valence-electron chi connectivity index (χ2n) is 3.51. The first-order chi connectivity index (χ1) is 6.65. The Morgan fingerprint density at radius 1 is 1.43 bits per heavy atom. The first kappa shape index (κ1) is 10.8. The Bertz CT molecular complexity index is 329. The Kier molecular flexibility index (Phi) is 3.69. The number of aryl methyl sites for hydroxylation is 1. The van der Waals surface area contributed by atoms with Crippen LogP contribution in [-0.2, 0) is 6.42 Å². The maximum atomic E-state index is 11.0. The number of phenols is 1. The van der Waals surface area contributed by atoms with Crippen molar-refractivity contribution in [1.29, 1.82) is 0 Å². The molecule has 76 valence electrons. The molecule has 1 aromatic carbocycles. The van der Waals surface area contributed by atoms with E-state index in [1.54, 1.807) is 12.1 Å². The number of Topliss-reactive ketones (excluding diaryl/α,β-unsaturated/α-hetero) is 1. The molecule has 0 spiro atoms. The molecule has 0 radical (unpaired) electrons. The van der Waals surface area contributed by atoms with Gasteiger partial charge in [-0.3, -0.25) is 4.79 Å². The minimum absolute atomic E-state index is 0.0930. The first-order valence-electron chi connectivity index (χ1n) is 4.98. The predicted octanol–water partition coefficient (Wildman–Crippen LogP) is 2.94. The Hall–Kier alpha value is -1.31. The van der Waals surface area contributed by atoms with Gasteiger partial charge in [-0.2, -0.15) is 0 Å². The molecule has 1 rings (SSSR count). The number of carbonyl (C=O) groups is 1. The number of rotatable bonds is 4. The van der Waals surface area contributed by atoms with Crippen LogP contribution in [0.3, 0.4) is 0 Å². The minimum Gasteiger partial charge on any atom is -0.507 e. The number of unbranched alkanes of at least 4 members (excludes halogenated alkanes) is 1. The highest BCUT2D eigenvalue weighted by atomic mass is 16.3. The summed E-state index contributed by atoms with van der Waals surface area (Å²) in [7, 11) is 0. The summed E-state index contributed by atoms with van der Waals surface area (Å²) in [4.78, 5) is 11.0. The number of aromatic hydroxyl groups is 1. The van der Waals surface area contributed by atoms with Crippen molar-refractivity contribution < 1.29 is 9.90 Å². The Labute approximate surface area is 84.6 Å². The smallest absolute Gasteiger partial charge is 0.163 e. The highest BCUT2D eigenvalue weighted by Gasteiger charge is 2.06. The zero-order chi connectivity index (χ0) is 10.6. The third-order valence-corrected chi connectivity index (χ3v) is 2.26. The van der Waals surface area contributed by atoms with Gasteiger partial charge in [-0.1, -0.05) is 19.4 Å². The molecule has 0 atom stereocenters. The Morgan fingerprint density at radius 3 is 2.64 bits per heavy atom. The third kappa shape index (κ3) is 2.59. The molecule has 0 saturated carbocycles. The van der Waals surface area contributed by atoms with Gasteiger partial charge in [-0.05, 0) is 37.5 Å². The van der Waals surface area contributed by atoms with Crippen molar-refractivity contribution in [2.75, 3.05) is 0 Å². The van der Waals surface area contributed by atoms with Crippen LogP contribution < -0.4 is 0 Å². The molecule has 0 heterocycles. The Balaban J connectivity index is 2.83. The van der Waals surface area contributed by atoms with Crippen LogP contribution in [0.5, 0.6) is 5.75 Å². The molecule has 0 aliphatic heterocycles. The van der Waals surface area contributed by atoms with E-state index in [1.165, 1.54) is 6.92 Å². The summed E-state index contributed by atoms with van der Waals surface area (Å²) in [6, 6.07) is 5.29. The standard InChI is InChI=1S/C12H16O2/c1-3-4-5-10-6-7-11(9(2)13)12(14)8-10/h6-8,14H,3-5H2,1-2H3. The molecular formula is C12H16O2. The zero-order valence-electron chi connectivity index (χ0n) is 8.71. The van der Waals surface area contributed by atoms with E-state index in [0.717, 1.165) is 24.8 Å². The van der Waals surface area contributed by atoms with Gasteiger partial charge in [-0.25, -0.2) is 0 Å². The van der Waals surface area contributed by atoms with Crippen molar-refractivity contribution in [3.05, 3.63) is 29.3 Å². The van der Waals surface area contributed by atoms with E-state index >= 15 is 0 Å². The molecule has 0 aliphatic rings. The first-order valence-corrected chi connectivity index (χ1v) is 4.98. The zero-order valence-corrected chi connectivity index (χ0v) is 8.71. The second-order valence-corrected chi connectivity index (χ2v) is 3.51. The van der Waals surface area contributed by atoms with Crippen molar-refractivity contribution >= 4 is 5.78 Å². The number of phenolic OH excluding ortho intramolecular Hbond substituents is 1. The van der Waals surface area contributed by atoms with Crippen molar-refractivity contribution in [3.8, 4) is 5.75 Å². The third-order valence-electron chi connectivity index (χ3n) is 2.26. The van der Waals surface area contributed by atoms with E-state index < -0.39 is 0 Å². The molecule has 2 heteroatoms. The fourth-order valence-electron chi connectivity index (χ4n) is 1.41. The molecular weight excluding hydrogens is 176 g/mol. The molecule has 0 amide bonds. The van der Waals surface area contributed by atoms with Gasteiger partial charge in [0.2, 0.25) is 0 Å². The van der Waals surface area contributed by atoms with Crippen molar-refractivity contribution in [3.63, 3.8) is 0 Å². The summed E-state index contributed by atoms with van der Waals surface area (Å²) in [5.74, 6) is 0.00986. The molecule has 0 aromatic heterocycles. The van der Waals surface area contributed by atoms with Crippen LogP contribution in [0.1, 0.15) is 42.6 Å². The molecule has 0 unspecified atom stereocenters. The summed E-state index contributed by atoms with van der Waals surface area (Å²) in [5, 5.41) is 9.54. The van der Waals surface area contributed by atoms with E-state index in [9.17, 15) is 9.90 Å². The molecule has 0 bridgehead atoms. The summed E-state index contributed by atoms with van der Waals surface area (Å²) < 4.78 is 0. The lowest BCUT2D eigenvalue weighted by molar-refractivity contribution is 0.101. The molecule has 2 nitrogen and oxygen atoms in total. The summed E-state index contributed by atoms with van der Waals surface area (Å²) >= 11 is 0. The maximum absolute atomic E-state index is 11.0. The fourth-order valence-corrected chi connectivity index (χ4v) is 1.41. The molecule has 1 N–H and O–H groups in total. The van der Waals surface area contributed by atoms with E-state index in [2.05, 4.69) is 6.92 Å². The lowest BCUT2D eigenvalue weighted by Gasteiger charge is -2.04. The lowest BCUT2D eigenvalue weighted by Crippen LogP contribution is -1.94. The summed E-state index contributed by atoms with van der Waals surface area (Å²) in [5.41, 5.74) is 1.50. The number of hydrogen-bond acceptors (Lipinski definition) is 2. The van der Waals surface area contributed by atoms with Crippen LogP contribution in [0, 0.1) is 0 Å². The second kappa shape index (κ2) is 4.80. The number of hydrogen-bond donors (Lipinski definition) is 1. The van der Waals surface area contributed by atoms with Crippen LogP contribution in [0.15, 0.2) is 18.2 Å². The van der Waals surface area contributed by atoms with Gasteiger partial charge in [0.05, 0.1) is 5.56 Å². The van der Waals surface area contributed by atoms with Crippen LogP contribution >= 0.6 is 0 Å². The van der Waals surface area contributed by atoms with Crippen LogP contribution in [-0.4, -0.2) is 10.9 Å². The average Bonchev–Trinajstić information content (AvgIpc) is 2.14. The number of ketones is 1. The monoisotopic (exact) mass is 192 g/mol. The van der Waals surface area contributed by atoms with Crippen LogP contribution in [0.4, 0.5) is 0 Å². The highest BCUT2D eigenvalue weighted by molar-refractivity contribution is 5.96. The van der Waals surface area contributed by atoms with E-state index in [-0.39, 0.29) is 11.5 Å². The van der Waals surface area contributed by atoms with E-state index in [0.29, 0.717) is 5.56 Å². The predicted molar refractivity (Wildman–Crippen MR) is 56.7 cm³/mol. The molecule has 0 aliphatic carbocycles. The van der Waals surface area contributed by atoms with Gasteiger partial charge in [0.1, 0.15) is 5.75 Å². The molecule has 0 fully saturated rings. The molecule has 1 aromatic rings. The fraction of sp³-hybridized carbons (Fsp3) is 0.417. The number of benzene rings is 1. The van der Waals surface area contributed by atoms with Crippen molar-refractivity contribution in [1.82, 2.24) is 0 Å². The van der Waals surface area contributed by atoms with Gasteiger partial charge in [0.25, 0.3) is 0 Å². The summed E-state index contributed by atoms with van der Waals surface area (Å²) in [6.45, 7) is 3.59. The van der Waals surface area contributed by atoms with E-state index in [1.807, 2.05) is 6.07 Å². The minimum atomic E-state index is -0.0930. The van der Waals surface area contributed by atoms with Gasteiger partial charge >= 0.3 is 0 Å². The average molecular weight is 192 g/mol. The normalized spacial score (nSPS) is 10.1. The quantitative estimate of drug-likeness (QED) is 0.745. The summed E-state index contributed by atoms with van der Waals surface area (Å²) in [6.07, 6.45) is 3.20. The SMILES string of the molecule is CCCCc1ccc(C(C)=O)c(O)c1. The lowest BCUT2D eigenvalue weighted by atomic mass is 10.0. The Morgan fingerprint density at radius 2 is 2.14 bits per heavy atom. The van der Waals surface area contributed by atoms with Gasteiger partial charge in [-0.15, -0.1) is 0 Å². The van der Waals surface area contributed by atoms with E-state index in [4.69, 9.17) is 0 Å². The van der Waals surface area contributed by atoms with Gasteiger partial charge in [0.15, 0.2) is 5.78 Å². The topological polar surface area (TPSA) is 37.3 Å². The van der Waals surface area contributed by atoms with Crippen molar-refractivity contribution in [2.45, 2.75) is 33.1 Å². The highest BCUT2D eigenvalue weighted by Crippen LogP contribution is 2.20. The van der Waals surface area contributed by atoms with Gasteiger partial charge in [0, 0.05) is 0 Å².